The third-order valence-electron chi connectivity index (χ3n) is 3.47. The summed E-state index contributed by atoms with van der Waals surface area (Å²) in [5.41, 5.74) is 5.98. The Hall–Kier alpha value is -1.79. The van der Waals surface area contributed by atoms with Gasteiger partial charge in [-0.2, -0.15) is 0 Å². The number of ether oxygens (including phenoxy) is 3. The Morgan fingerprint density at radius 3 is 2.95 bits per heavy atom. The van der Waals surface area contributed by atoms with Gasteiger partial charge in [0.05, 0.1) is 12.1 Å². The van der Waals surface area contributed by atoms with Crippen molar-refractivity contribution >= 4 is 11.6 Å². The molecule has 0 aromatic heterocycles. The fraction of sp³-hybridized carbons (Fsp3) is 0.533. The molecule has 0 aliphatic heterocycles. The molecule has 1 aromatic carbocycles. The molecule has 6 heteroatoms. The molecule has 0 radical (unpaired) electrons. The highest BCUT2D eigenvalue weighted by Gasteiger charge is 2.42. The number of amides is 1. The Labute approximate surface area is 124 Å². The predicted molar refractivity (Wildman–Crippen MR) is 79.4 cm³/mol. The molecule has 0 bridgehead atoms. The second-order valence-corrected chi connectivity index (χ2v) is 4.96. The lowest BCUT2D eigenvalue weighted by Gasteiger charge is -2.43. The van der Waals surface area contributed by atoms with Gasteiger partial charge >= 0.3 is 0 Å². The molecular formula is C15H22N2O4. The fourth-order valence-electron chi connectivity index (χ4n) is 2.46. The number of anilines is 1. The smallest absolute Gasteiger partial charge is 0.255 e. The van der Waals surface area contributed by atoms with Crippen LogP contribution in [-0.2, 0) is 14.3 Å². The highest BCUT2D eigenvalue weighted by Crippen LogP contribution is 2.30. The van der Waals surface area contributed by atoms with E-state index in [1.807, 2.05) is 25.1 Å². The van der Waals surface area contributed by atoms with Crippen LogP contribution < -0.4 is 15.8 Å². The van der Waals surface area contributed by atoms with Gasteiger partial charge in [0.15, 0.2) is 6.61 Å². The lowest BCUT2D eigenvalue weighted by atomic mass is 9.85. The molecule has 0 saturated heterocycles. The van der Waals surface area contributed by atoms with Gasteiger partial charge in [0, 0.05) is 25.5 Å². The molecule has 3 N–H and O–H groups in total. The van der Waals surface area contributed by atoms with E-state index in [4.69, 9.17) is 19.9 Å². The summed E-state index contributed by atoms with van der Waals surface area (Å²) >= 11 is 0. The van der Waals surface area contributed by atoms with Crippen LogP contribution in [0.25, 0.3) is 0 Å². The maximum atomic E-state index is 10.7. The van der Waals surface area contributed by atoms with Crippen molar-refractivity contribution < 1.29 is 19.0 Å². The quantitative estimate of drug-likeness (QED) is 0.751. The molecule has 0 heterocycles. The molecule has 1 aliphatic carbocycles. The SMILES string of the molecule is CCOC1CC(Nc2cccc(OCC(N)=O)c2)C1OC. The van der Waals surface area contributed by atoms with Crippen LogP contribution in [-0.4, -0.2) is 44.5 Å². The largest absolute Gasteiger partial charge is 0.484 e. The lowest BCUT2D eigenvalue weighted by Crippen LogP contribution is -2.56. The Balaban J connectivity index is 1.91. The van der Waals surface area contributed by atoms with Crippen LogP contribution in [0.4, 0.5) is 5.69 Å². The Morgan fingerprint density at radius 2 is 2.29 bits per heavy atom. The van der Waals surface area contributed by atoms with E-state index in [-0.39, 0.29) is 24.9 Å². The van der Waals surface area contributed by atoms with Crippen LogP contribution in [0.5, 0.6) is 5.75 Å². The number of benzene rings is 1. The lowest BCUT2D eigenvalue weighted by molar-refractivity contribution is -0.119. The first-order valence-electron chi connectivity index (χ1n) is 7.06. The molecule has 2 rings (SSSR count). The number of hydrogen-bond acceptors (Lipinski definition) is 5. The fourth-order valence-corrected chi connectivity index (χ4v) is 2.46. The first kappa shape index (κ1) is 15.6. The molecule has 3 atom stereocenters. The number of carbonyl (C=O) groups excluding carboxylic acids is 1. The highest BCUT2D eigenvalue weighted by molar-refractivity contribution is 5.75. The normalized spacial score (nSPS) is 24.2. The average molecular weight is 294 g/mol. The topological polar surface area (TPSA) is 82.8 Å². The van der Waals surface area contributed by atoms with Gasteiger partial charge in [-0.1, -0.05) is 6.07 Å². The van der Waals surface area contributed by atoms with Gasteiger partial charge in [-0.25, -0.2) is 0 Å². The van der Waals surface area contributed by atoms with E-state index in [9.17, 15) is 4.79 Å². The zero-order chi connectivity index (χ0) is 15.2. The number of carbonyl (C=O) groups is 1. The maximum Gasteiger partial charge on any atom is 0.255 e. The van der Waals surface area contributed by atoms with Crippen LogP contribution in [0.2, 0.25) is 0 Å². The highest BCUT2D eigenvalue weighted by atomic mass is 16.5. The Kier molecular flexibility index (Phi) is 5.41. The van der Waals surface area contributed by atoms with E-state index in [2.05, 4.69) is 5.32 Å². The average Bonchev–Trinajstić information content (AvgIpc) is 2.45. The van der Waals surface area contributed by atoms with Crippen molar-refractivity contribution in [3.05, 3.63) is 24.3 Å². The second-order valence-electron chi connectivity index (χ2n) is 4.96. The Morgan fingerprint density at radius 1 is 1.48 bits per heavy atom. The third kappa shape index (κ3) is 4.09. The minimum Gasteiger partial charge on any atom is -0.484 e. The van der Waals surface area contributed by atoms with Crippen LogP contribution >= 0.6 is 0 Å². The summed E-state index contributed by atoms with van der Waals surface area (Å²) in [6, 6.07) is 7.63. The molecular weight excluding hydrogens is 272 g/mol. The number of primary amides is 1. The summed E-state index contributed by atoms with van der Waals surface area (Å²) in [4.78, 5) is 10.7. The summed E-state index contributed by atoms with van der Waals surface area (Å²) in [5, 5.41) is 3.39. The minimum atomic E-state index is -0.494. The van der Waals surface area contributed by atoms with Crippen LogP contribution in [0.1, 0.15) is 13.3 Å². The van der Waals surface area contributed by atoms with Crippen molar-refractivity contribution in [2.24, 2.45) is 5.73 Å². The molecule has 0 spiro atoms. The third-order valence-corrected chi connectivity index (χ3v) is 3.47. The predicted octanol–water partition coefficient (Wildman–Crippen LogP) is 1.15. The summed E-state index contributed by atoms with van der Waals surface area (Å²) in [5.74, 6) is 0.111. The molecule has 3 unspecified atom stereocenters. The molecule has 6 nitrogen and oxygen atoms in total. The molecule has 21 heavy (non-hydrogen) atoms. The van der Waals surface area contributed by atoms with E-state index in [0.717, 1.165) is 12.1 Å². The number of nitrogens with one attached hydrogen (secondary N) is 1. The van der Waals surface area contributed by atoms with Crippen LogP contribution in [0, 0.1) is 0 Å². The zero-order valence-corrected chi connectivity index (χ0v) is 12.4. The maximum absolute atomic E-state index is 10.7. The van der Waals surface area contributed by atoms with E-state index in [1.54, 1.807) is 13.2 Å². The number of nitrogens with two attached hydrogens (primary N) is 1. The summed E-state index contributed by atoms with van der Waals surface area (Å²) in [6.07, 6.45) is 1.09. The number of hydrogen-bond donors (Lipinski definition) is 2. The van der Waals surface area contributed by atoms with Gasteiger partial charge in [-0.3, -0.25) is 4.79 Å². The van der Waals surface area contributed by atoms with E-state index in [1.165, 1.54) is 0 Å². The number of rotatable bonds is 8. The van der Waals surface area contributed by atoms with Gasteiger partial charge < -0.3 is 25.3 Å². The molecule has 1 aromatic rings. The first-order valence-corrected chi connectivity index (χ1v) is 7.06. The van der Waals surface area contributed by atoms with Gasteiger partial charge in [0.1, 0.15) is 11.9 Å². The van der Waals surface area contributed by atoms with Crippen molar-refractivity contribution in [1.82, 2.24) is 0 Å². The summed E-state index contributed by atoms with van der Waals surface area (Å²) < 4.78 is 16.3. The van der Waals surface area contributed by atoms with Gasteiger partial charge in [-0.05, 0) is 25.5 Å². The van der Waals surface area contributed by atoms with Gasteiger partial charge in [-0.15, -0.1) is 0 Å². The molecule has 116 valence electrons. The standard InChI is InChI=1S/C15H22N2O4/c1-3-20-13-8-12(15(13)19-2)17-10-5-4-6-11(7-10)21-9-14(16)18/h4-7,12-13,15,17H,3,8-9H2,1-2H3,(H2,16,18). The van der Waals surface area contributed by atoms with E-state index in [0.29, 0.717) is 12.4 Å². The molecule has 1 aliphatic rings. The summed E-state index contributed by atoms with van der Waals surface area (Å²) in [7, 11) is 1.69. The van der Waals surface area contributed by atoms with Crippen LogP contribution in [0.15, 0.2) is 24.3 Å². The van der Waals surface area contributed by atoms with E-state index >= 15 is 0 Å². The monoisotopic (exact) mass is 294 g/mol. The van der Waals surface area contributed by atoms with Gasteiger partial charge in [0.25, 0.3) is 5.91 Å². The van der Waals surface area contributed by atoms with Gasteiger partial charge in [0.2, 0.25) is 0 Å². The molecule has 1 saturated carbocycles. The number of methoxy groups -OCH3 is 1. The van der Waals surface area contributed by atoms with E-state index < -0.39 is 5.91 Å². The molecule has 1 fully saturated rings. The first-order chi connectivity index (χ1) is 10.1. The van der Waals surface area contributed by atoms with Crippen molar-refractivity contribution in [1.29, 1.82) is 0 Å². The summed E-state index contributed by atoms with van der Waals surface area (Å²) in [6.45, 7) is 2.54. The van der Waals surface area contributed by atoms with Crippen molar-refractivity contribution in [2.45, 2.75) is 31.6 Å². The van der Waals surface area contributed by atoms with Crippen LogP contribution in [0.3, 0.4) is 0 Å². The van der Waals surface area contributed by atoms with Crippen molar-refractivity contribution in [3.63, 3.8) is 0 Å². The second kappa shape index (κ2) is 7.28. The minimum absolute atomic E-state index is 0.0418. The zero-order valence-electron chi connectivity index (χ0n) is 12.4. The van der Waals surface area contributed by atoms with Crippen molar-refractivity contribution in [3.8, 4) is 5.75 Å². The molecule has 1 amide bonds. The van der Waals surface area contributed by atoms with Crippen molar-refractivity contribution in [2.75, 3.05) is 25.6 Å². The Bertz CT molecular complexity index is 480.